The molecule has 1 aromatic carbocycles. The van der Waals surface area contributed by atoms with Crippen molar-refractivity contribution in [2.24, 2.45) is 5.92 Å². The lowest BCUT2D eigenvalue weighted by Gasteiger charge is -2.33. The lowest BCUT2D eigenvalue weighted by molar-refractivity contribution is -0.121. The van der Waals surface area contributed by atoms with E-state index in [1.165, 1.54) is 0 Å². The molecule has 1 aromatic rings. The molecule has 1 unspecified atom stereocenters. The zero-order valence-corrected chi connectivity index (χ0v) is 15.1. The van der Waals surface area contributed by atoms with E-state index >= 15 is 0 Å². The zero-order valence-electron chi connectivity index (χ0n) is 15.1. The van der Waals surface area contributed by atoms with Gasteiger partial charge in [-0.1, -0.05) is 26.0 Å². The minimum atomic E-state index is 0.0312. The molecule has 0 aromatic heterocycles. The van der Waals surface area contributed by atoms with E-state index in [4.69, 9.17) is 9.47 Å². The monoisotopic (exact) mass is 334 g/mol. The minimum Gasteiger partial charge on any atom is -0.494 e. The molecule has 5 nitrogen and oxygen atoms in total. The predicted molar refractivity (Wildman–Crippen MR) is 95.3 cm³/mol. The maximum atomic E-state index is 12.1. The first-order chi connectivity index (χ1) is 11.6. The Morgan fingerprint density at radius 3 is 2.79 bits per heavy atom. The molecule has 1 atom stereocenters. The van der Waals surface area contributed by atoms with E-state index in [1.54, 1.807) is 0 Å². The summed E-state index contributed by atoms with van der Waals surface area (Å²) < 4.78 is 11.2. The highest BCUT2D eigenvalue weighted by molar-refractivity contribution is 5.78. The van der Waals surface area contributed by atoms with E-state index in [2.05, 4.69) is 24.1 Å². The van der Waals surface area contributed by atoms with Gasteiger partial charge in [-0.15, -0.1) is 0 Å². The molecule has 1 heterocycles. The van der Waals surface area contributed by atoms with Crippen LogP contribution in [0.5, 0.6) is 5.75 Å². The third-order valence-corrected chi connectivity index (χ3v) is 3.97. The standard InChI is InChI=1S/C19H30N2O3/c1-4-23-17-7-5-16(6-8-17)11-19(22)20-12-18-14-21(9-10-24-18)13-15(2)3/h5-8,15,18H,4,9-14H2,1-3H3,(H,20,22). The first kappa shape index (κ1) is 18.7. The highest BCUT2D eigenvalue weighted by Gasteiger charge is 2.21. The van der Waals surface area contributed by atoms with E-state index in [0.29, 0.717) is 25.5 Å². The number of carbonyl (C=O) groups is 1. The van der Waals surface area contributed by atoms with Crippen LogP contribution in [0.15, 0.2) is 24.3 Å². The Morgan fingerprint density at radius 1 is 1.38 bits per heavy atom. The summed E-state index contributed by atoms with van der Waals surface area (Å²) in [7, 11) is 0. The topological polar surface area (TPSA) is 50.8 Å². The molecule has 0 radical (unpaired) electrons. The van der Waals surface area contributed by atoms with Crippen molar-refractivity contribution in [1.29, 1.82) is 0 Å². The van der Waals surface area contributed by atoms with Crippen LogP contribution in [0.4, 0.5) is 0 Å². The van der Waals surface area contributed by atoms with Crippen molar-refractivity contribution in [3.8, 4) is 5.75 Å². The number of hydrogen-bond donors (Lipinski definition) is 1. The van der Waals surface area contributed by atoms with Crippen molar-refractivity contribution in [1.82, 2.24) is 10.2 Å². The van der Waals surface area contributed by atoms with Crippen LogP contribution >= 0.6 is 0 Å². The van der Waals surface area contributed by atoms with E-state index in [1.807, 2.05) is 31.2 Å². The molecule has 134 valence electrons. The smallest absolute Gasteiger partial charge is 0.224 e. The number of amides is 1. The largest absolute Gasteiger partial charge is 0.494 e. The Labute approximate surface area is 145 Å². The van der Waals surface area contributed by atoms with E-state index < -0.39 is 0 Å². The van der Waals surface area contributed by atoms with Crippen LogP contribution in [-0.2, 0) is 16.0 Å². The van der Waals surface area contributed by atoms with Crippen LogP contribution in [0, 0.1) is 5.92 Å². The lowest BCUT2D eigenvalue weighted by Crippen LogP contribution is -2.48. The summed E-state index contributed by atoms with van der Waals surface area (Å²) in [5.74, 6) is 1.52. The third-order valence-electron chi connectivity index (χ3n) is 3.97. The molecule has 0 spiro atoms. The molecule has 2 rings (SSSR count). The molecule has 0 aliphatic carbocycles. The minimum absolute atomic E-state index is 0.0312. The summed E-state index contributed by atoms with van der Waals surface area (Å²) in [5, 5.41) is 2.99. The number of benzene rings is 1. The van der Waals surface area contributed by atoms with Gasteiger partial charge in [0.2, 0.25) is 5.91 Å². The maximum Gasteiger partial charge on any atom is 0.224 e. The second-order valence-corrected chi connectivity index (χ2v) is 6.70. The first-order valence-electron chi connectivity index (χ1n) is 8.89. The van der Waals surface area contributed by atoms with Crippen LogP contribution in [0.25, 0.3) is 0 Å². The van der Waals surface area contributed by atoms with Gasteiger partial charge in [0, 0.05) is 26.2 Å². The fourth-order valence-corrected chi connectivity index (χ4v) is 2.93. The van der Waals surface area contributed by atoms with Gasteiger partial charge >= 0.3 is 0 Å². The summed E-state index contributed by atoms with van der Waals surface area (Å²) >= 11 is 0. The Kier molecular flexibility index (Phi) is 7.53. The van der Waals surface area contributed by atoms with E-state index in [-0.39, 0.29) is 12.0 Å². The number of nitrogens with zero attached hydrogens (tertiary/aromatic N) is 1. The van der Waals surface area contributed by atoms with Crippen LogP contribution in [0.2, 0.25) is 0 Å². The molecule has 1 saturated heterocycles. The highest BCUT2D eigenvalue weighted by Crippen LogP contribution is 2.12. The van der Waals surface area contributed by atoms with Crippen LogP contribution < -0.4 is 10.1 Å². The molecule has 24 heavy (non-hydrogen) atoms. The SMILES string of the molecule is CCOc1ccc(CC(=O)NCC2CN(CC(C)C)CCO2)cc1. The van der Waals surface area contributed by atoms with Crippen LogP contribution in [0.3, 0.4) is 0 Å². The van der Waals surface area contributed by atoms with Gasteiger partial charge in [-0.25, -0.2) is 0 Å². The number of carbonyl (C=O) groups excluding carboxylic acids is 1. The number of morpholine rings is 1. The van der Waals surface area contributed by atoms with E-state index in [0.717, 1.165) is 37.6 Å². The average Bonchev–Trinajstić information content (AvgIpc) is 2.55. The lowest BCUT2D eigenvalue weighted by atomic mass is 10.1. The van der Waals surface area contributed by atoms with Gasteiger partial charge in [0.25, 0.3) is 0 Å². The molecule has 0 saturated carbocycles. The van der Waals surface area contributed by atoms with Crippen LogP contribution in [0.1, 0.15) is 26.3 Å². The molecule has 0 bridgehead atoms. The predicted octanol–water partition coefficient (Wildman–Crippen LogP) is 2.10. The quantitative estimate of drug-likeness (QED) is 0.791. The van der Waals surface area contributed by atoms with Crippen molar-refractivity contribution in [2.45, 2.75) is 33.3 Å². The molecule has 1 aliphatic heterocycles. The van der Waals surface area contributed by atoms with Crippen molar-refractivity contribution < 1.29 is 14.3 Å². The summed E-state index contributed by atoms with van der Waals surface area (Å²) in [4.78, 5) is 14.5. The van der Waals surface area contributed by atoms with Crippen molar-refractivity contribution in [2.75, 3.05) is 39.4 Å². The van der Waals surface area contributed by atoms with Gasteiger partial charge < -0.3 is 14.8 Å². The maximum absolute atomic E-state index is 12.1. The third kappa shape index (κ3) is 6.49. The van der Waals surface area contributed by atoms with Crippen molar-refractivity contribution >= 4 is 5.91 Å². The molecule has 1 fully saturated rings. The normalized spacial score (nSPS) is 18.6. The molecule has 1 aliphatic rings. The number of ether oxygens (including phenoxy) is 2. The van der Waals surface area contributed by atoms with E-state index in [9.17, 15) is 4.79 Å². The Hall–Kier alpha value is -1.59. The van der Waals surface area contributed by atoms with Crippen molar-refractivity contribution in [3.63, 3.8) is 0 Å². The van der Waals surface area contributed by atoms with Crippen LogP contribution in [-0.4, -0.2) is 56.3 Å². The fourth-order valence-electron chi connectivity index (χ4n) is 2.93. The molecule has 5 heteroatoms. The number of nitrogens with one attached hydrogen (secondary N) is 1. The number of hydrogen-bond acceptors (Lipinski definition) is 4. The Bertz CT molecular complexity index is 502. The molecule has 1 amide bonds. The van der Waals surface area contributed by atoms with Gasteiger partial charge in [0.1, 0.15) is 5.75 Å². The summed E-state index contributed by atoms with van der Waals surface area (Å²) in [6.45, 7) is 11.3. The Morgan fingerprint density at radius 2 is 2.12 bits per heavy atom. The second-order valence-electron chi connectivity index (χ2n) is 6.70. The fraction of sp³-hybridized carbons (Fsp3) is 0.632. The Balaban J connectivity index is 1.72. The summed E-state index contributed by atoms with van der Waals surface area (Å²) in [5.41, 5.74) is 0.988. The zero-order chi connectivity index (χ0) is 17.4. The summed E-state index contributed by atoms with van der Waals surface area (Å²) in [6, 6.07) is 7.68. The van der Waals surface area contributed by atoms with Gasteiger partial charge in [-0.05, 0) is 30.5 Å². The first-order valence-corrected chi connectivity index (χ1v) is 8.89. The van der Waals surface area contributed by atoms with Gasteiger partial charge in [-0.2, -0.15) is 0 Å². The van der Waals surface area contributed by atoms with Crippen molar-refractivity contribution in [3.05, 3.63) is 29.8 Å². The van der Waals surface area contributed by atoms with Gasteiger partial charge in [0.05, 0.1) is 25.7 Å². The molecular formula is C19H30N2O3. The molecular weight excluding hydrogens is 304 g/mol. The molecule has 1 N–H and O–H groups in total. The second kappa shape index (κ2) is 9.64. The number of rotatable bonds is 8. The summed E-state index contributed by atoms with van der Waals surface area (Å²) in [6.07, 6.45) is 0.469. The highest BCUT2D eigenvalue weighted by atomic mass is 16.5. The van der Waals surface area contributed by atoms with Gasteiger partial charge in [0.15, 0.2) is 0 Å². The average molecular weight is 334 g/mol. The van der Waals surface area contributed by atoms with Gasteiger partial charge in [-0.3, -0.25) is 9.69 Å².